The van der Waals surface area contributed by atoms with Crippen molar-refractivity contribution < 1.29 is 19.0 Å². The van der Waals surface area contributed by atoms with Crippen molar-refractivity contribution in [2.24, 2.45) is 0 Å². The summed E-state index contributed by atoms with van der Waals surface area (Å²) >= 11 is 0. The molecule has 0 bridgehead atoms. The maximum absolute atomic E-state index is 14.4. The fourth-order valence-corrected chi connectivity index (χ4v) is 3.99. The van der Waals surface area contributed by atoms with Crippen molar-refractivity contribution in [1.29, 1.82) is 0 Å². The summed E-state index contributed by atoms with van der Waals surface area (Å²) in [4.78, 5) is 23.7. The Kier molecular flexibility index (Phi) is 7.04. The highest BCUT2D eigenvalue weighted by atomic mass is 19.1. The maximum atomic E-state index is 14.4. The van der Waals surface area contributed by atoms with Crippen LogP contribution in [0.3, 0.4) is 0 Å². The highest BCUT2D eigenvalue weighted by molar-refractivity contribution is 6.10. The van der Waals surface area contributed by atoms with E-state index in [9.17, 15) is 14.3 Å². The minimum absolute atomic E-state index is 0.0271. The van der Waals surface area contributed by atoms with E-state index >= 15 is 0 Å². The van der Waals surface area contributed by atoms with Crippen LogP contribution in [0.5, 0.6) is 5.75 Å². The summed E-state index contributed by atoms with van der Waals surface area (Å²) in [5.74, 6) is -0.625. The molecule has 0 spiro atoms. The van der Waals surface area contributed by atoms with Gasteiger partial charge in [0.2, 0.25) is 5.95 Å². The van der Waals surface area contributed by atoms with E-state index in [-0.39, 0.29) is 28.9 Å². The summed E-state index contributed by atoms with van der Waals surface area (Å²) in [5, 5.41) is 13.8. The molecule has 1 saturated heterocycles. The Morgan fingerprint density at radius 3 is 2.71 bits per heavy atom. The third-order valence-corrected chi connectivity index (χ3v) is 5.68. The van der Waals surface area contributed by atoms with Crippen LogP contribution in [0.25, 0.3) is 11.3 Å². The van der Waals surface area contributed by atoms with Crippen molar-refractivity contribution in [2.75, 3.05) is 43.9 Å². The van der Waals surface area contributed by atoms with Crippen LogP contribution < -0.4 is 11.1 Å². The Bertz CT molecular complexity index is 1200. The Balaban J connectivity index is 1.58. The Morgan fingerprint density at radius 1 is 1.21 bits per heavy atom. The van der Waals surface area contributed by atoms with Crippen LogP contribution in [0.2, 0.25) is 0 Å². The lowest BCUT2D eigenvalue weighted by Crippen LogP contribution is -2.42. The standard InChI is InChI=1S/C25H28FN5O3/c1-15-3-5-18(20(26)11-15)24(33)17-4-6-22(32)19(12-17)21-13-23(30-25(27)29-21)28-16(2)14-31-7-9-34-10-8-31/h3-6,11-13,16,32H,7-10,14H2,1-2H3,(H3,27,28,29,30). The molecule has 1 fully saturated rings. The minimum Gasteiger partial charge on any atom is -0.507 e. The molecule has 1 unspecified atom stereocenters. The Morgan fingerprint density at radius 2 is 1.97 bits per heavy atom. The first-order chi connectivity index (χ1) is 16.3. The van der Waals surface area contributed by atoms with Crippen molar-refractivity contribution >= 4 is 17.5 Å². The molecule has 1 aliphatic heterocycles. The normalized spacial score (nSPS) is 15.1. The number of morpholine rings is 1. The molecule has 1 aromatic heterocycles. The number of nitrogen functional groups attached to an aromatic ring is 1. The molecular formula is C25H28FN5O3. The molecule has 3 aromatic rings. The van der Waals surface area contributed by atoms with E-state index in [1.165, 1.54) is 30.3 Å². The van der Waals surface area contributed by atoms with Gasteiger partial charge in [-0.25, -0.2) is 9.37 Å². The molecule has 8 nitrogen and oxygen atoms in total. The molecule has 2 heterocycles. The van der Waals surface area contributed by atoms with Gasteiger partial charge in [0.25, 0.3) is 0 Å². The van der Waals surface area contributed by atoms with Crippen LogP contribution in [0.15, 0.2) is 42.5 Å². The van der Waals surface area contributed by atoms with E-state index in [2.05, 4.69) is 20.2 Å². The van der Waals surface area contributed by atoms with Crippen molar-refractivity contribution in [2.45, 2.75) is 19.9 Å². The molecule has 4 N–H and O–H groups in total. The van der Waals surface area contributed by atoms with Gasteiger partial charge in [-0.3, -0.25) is 9.69 Å². The molecule has 0 amide bonds. The lowest BCUT2D eigenvalue weighted by atomic mass is 9.98. The van der Waals surface area contributed by atoms with E-state index in [0.717, 1.165) is 38.4 Å². The zero-order valence-corrected chi connectivity index (χ0v) is 19.2. The number of carbonyl (C=O) groups is 1. The van der Waals surface area contributed by atoms with Gasteiger partial charge >= 0.3 is 0 Å². The number of ketones is 1. The number of nitrogens with zero attached hydrogens (tertiary/aromatic N) is 3. The smallest absolute Gasteiger partial charge is 0.222 e. The van der Waals surface area contributed by atoms with Crippen LogP contribution in [-0.4, -0.2) is 64.6 Å². The predicted molar refractivity (Wildman–Crippen MR) is 128 cm³/mol. The number of carbonyl (C=O) groups excluding carboxylic acids is 1. The van der Waals surface area contributed by atoms with Crippen LogP contribution >= 0.6 is 0 Å². The van der Waals surface area contributed by atoms with Gasteiger partial charge in [-0.05, 0) is 49.7 Å². The highest BCUT2D eigenvalue weighted by Crippen LogP contribution is 2.31. The number of rotatable bonds is 7. The summed E-state index contributed by atoms with van der Waals surface area (Å²) in [5.41, 5.74) is 7.51. The second-order valence-corrected chi connectivity index (χ2v) is 8.50. The number of hydrogen-bond donors (Lipinski definition) is 3. The fraction of sp³-hybridized carbons (Fsp3) is 0.320. The largest absolute Gasteiger partial charge is 0.507 e. The first-order valence-electron chi connectivity index (χ1n) is 11.2. The number of hydrogen-bond acceptors (Lipinski definition) is 8. The third-order valence-electron chi connectivity index (χ3n) is 5.68. The Hall–Kier alpha value is -3.56. The lowest BCUT2D eigenvalue weighted by Gasteiger charge is -2.29. The maximum Gasteiger partial charge on any atom is 0.222 e. The van der Waals surface area contributed by atoms with Gasteiger partial charge in [0.1, 0.15) is 17.4 Å². The van der Waals surface area contributed by atoms with E-state index in [1.54, 1.807) is 19.1 Å². The number of nitrogens with two attached hydrogens (primary N) is 1. The molecular weight excluding hydrogens is 437 g/mol. The summed E-state index contributed by atoms with van der Waals surface area (Å²) < 4.78 is 19.7. The number of halogens is 1. The molecule has 1 aliphatic rings. The van der Waals surface area contributed by atoms with Gasteiger partial charge in [0.05, 0.1) is 24.5 Å². The second-order valence-electron chi connectivity index (χ2n) is 8.50. The monoisotopic (exact) mass is 465 g/mol. The van der Waals surface area contributed by atoms with Gasteiger partial charge in [-0.1, -0.05) is 6.07 Å². The summed E-state index contributed by atoms with van der Waals surface area (Å²) in [6.07, 6.45) is 0. The van der Waals surface area contributed by atoms with E-state index < -0.39 is 11.6 Å². The average molecular weight is 466 g/mol. The summed E-state index contributed by atoms with van der Waals surface area (Å²) in [6, 6.07) is 10.5. The van der Waals surface area contributed by atoms with Crippen LogP contribution in [0.4, 0.5) is 16.2 Å². The number of aromatic nitrogens is 2. The van der Waals surface area contributed by atoms with Crippen LogP contribution in [-0.2, 0) is 4.74 Å². The fourth-order valence-electron chi connectivity index (χ4n) is 3.99. The molecule has 9 heteroatoms. The molecule has 178 valence electrons. The molecule has 2 aromatic carbocycles. The van der Waals surface area contributed by atoms with Crippen molar-refractivity contribution in [3.05, 3.63) is 65.0 Å². The van der Waals surface area contributed by atoms with Gasteiger partial charge in [0.15, 0.2) is 5.78 Å². The van der Waals surface area contributed by atoms with E-state index in [1.807, 2.05) is 6.92 Å². The lowest BCUT2D eigenvalue weighted by molar-refractivity contribution is 0.0368. The highest BCUT2D eigenvalue weighted by Gasteiger charge is 2.19. The molecule has 1 atom stereocenters. The predicted octanol–water partition coefficient (Wildman–Crippen LogP) is 3.24. The van der Waals surface area contributed by atoms with Gasteiger partial charge in [-0.2, -0.15) is 4.98 Å². The van der Waals surface area contributed by atoms with Crippen molar-refractivity contribution in [3.8, 4) is 17.0 Å². The van der Waals surface area contributed by atoms with E-state index in [4.69, 9.17) is 10.5 Å². The number of aryl methyl sites for hydroxylation is 1. The quantitative estimate of drug-likeness (QED) is 0.456. The number of nitrogens with one attached hydrogen (secondary N) is 1. The molecule has 0 aliphatic carbocycles. The van der Waals surface area contributed by atoms with Gasteiger partial charge in [0, 0.05) is 42.9 Å². The topological polar surface area (TPSA) is 114 Å². The van der Waals surface area contributed by atoms with Gasteiger partial charge in [-0.15, -0.1) is 0 Å². The number of ether oxygens (including phenoxy) is 1. The number of benzene rings is 2. The van der Waals surface area contributed by atoms with Gasteiger partial charge < -0.3 is 20.9 Å². The Labute approximate surface area is 197 Å². The van der Waals surface area contributed by atoms with E-state index in [0.29, 0.717) is 17.1 Å². The van der Waals surface area contributed by atoms with Crippen LogP contribution in [0, 0.1) is 12.7 Å². The average Bonchev–Trinajstić information content (AvgIpc) is 2.79. The van der Waals surface area contributed by atoms with Crippen molar-refractivity contribution in [1.82, 2.24) is 14.9 Å². The molecule has 0 saturated carbocycles. The first-order valence-corrected chi connectivity index (χ1v) is 11.2. The first kappa shape index (κ1) is 23.6. The SMILES string of the molecule is Cc1ccc(C(=O)c2ccc(O)c(-c3cc(NC(C)CN4CCOCC4)nc(N)n3)c2)c(F)c1. The molecule has 0 radical (unpaired) electrons. The zero-order valence-electron chi connectivity index (χ0n) is 19.2. The molecule has 4 rings (SSSR count). The number of phenolic OH excluding ortho intramolecular Hbond substituents is 1. The molecule has 34 heavy (non-hydrogen) atoms. The number of anilines is 2. The number of aromatic hydroxyl groups is 1. The second kappa shape index (κ2) is 10.1. The minimum atomic E-state index is -0.591. The van der Waals surface area contributed by atoms with Crippen LogP contribution in [0.1, 0.15) is 28.4 Å². The third kappa shape index (κ3) is 5.49. The van der Waals surface area contributed by atoms with Crippen molar-refractivity contribution in [3.63, 3.8) is 0 Å². The summed E-state index contributed by atoms with van der Waals surface area (Å²) in [6.45, 7) is 7.79. The summed E-state index contributed by atoms with van der Waals surface area (Å²) in [7, 11) is 0. The number of phenols is 1. The zero-order chi connectivity index (χ0) is 24.2.